The molecule has 1 aliphatic rings. The molecule has 0 radical (unpaired) electrons. The summed E-state index contributed by atoms with van der Waals surface area (Å²) in [6.45, 7) is 2.76. The van der Waals surface area contributed by atoms with Crippen molar-refractivity contribution >= 4 is 10.0 Å². The van der Waals surface area contributed by atoms with Crippen LogP contribution < -0.4 is 5.73 Å². The summed E-state index contributed by atoms with van der Waals surface area (Å²) in [4.78, 5) is 4.24. The predicted molar refractivity (Wildman–Crippen MR) is 90.7 cm³/mol. The van der Waals surface area contributed by atoms with Gasteiger partial charge in [0.2, 0.25) is 10.0 Å². The van der Waals surface area contributed by atoms with E-state index in [0.29, 0.717) is 23.5 Å². The highest BCUT2D eigenvalue weighted by atomic mass is 32.2. The molecule has 2 atom stereocenters. The van der Waals surface area contributed by atoms with E-state index in [1.165, 1.54) is 6.33 Å². The number of nitrogens with two attached hydrogens (primary N) is 1. The molecule has 3 rings (SSSR count). The van der Waals surface area contributed by atoms with Gasteiger partial charge in [-0.15, -0.1) is 0 Å². The Kier molecular flexibility index (Phi) is 4.98. The molecule has 0 aliphatic carbocycles. The molecule has 1 fully saturated rings. The third-order valence-electron chi connectivity index (χ3n) is 4.46. The standard InChI is InChI=1S/C16H23N5O2S/c1-13(17)15-7-4-5-9-21(15)24(22,23)16-8-3-2-6-14(16)10-20-12-18-11-19-20/h2-3,6,8,11-13,15H,4-5,7,9-10,17H2,1H3. The Hall–Kier alpha value is -1.77. The van der Waals surface area contributed by atoms with Gasteiger partial charge >= 0.3 is 0 Å². The van der Waals surface area contributed by atoms with Crippen molar-refractivity contribution in [1.29, 1.82) is 0 Å². The number of hydrogen-bond donors (Lipinski definition) is 1. The second-order valence-electron chi connectivity index (χ2n) is 6.24. The fourth-order valence-corrected chi connectivity index (χ4v) is 5.25. The summed E-state index contributed by atoms with van der Waals surface area (Å²) in [6.07, 6.45) is 5.71. The van der Waals surface area contributed by atoms with E-state index in [-0.39, 0.29) is 12.1 Å². The lowest BCUT2D eigenvalue weighted by Gasteiger charge is -2.37. The fraction of sp³-hybridized carbons (Fsp3) is 0.500. The Bertz CT molecular complexity index is 774. The zero-order chi connectivity index (χ0) is 17.2. The normalized spacial score (nSPS) is 20.8. The molecule has 2 N–H and O–H groups in total. The molecule has 1 aromatic carbocycles. The van der Waals surface area contributed by atoms with Gasteiger partial charge in [0.25, 0.3) is 0 Å². The van der Waals surface area contributed by atoms with Gasteiger partial charge in [0.15, 0.2) is 0 Å². The SMILES string of the molecule is CC(N)C1CCCCN1S(=O)(=O)c1ccccc1Cn1cncn1. The highest BCUT2D eigenvalue weighted by Crippen LogP contribution is 2.28. The Morgan fingerprint density at radius 3 is 2.83 bits per heavy atom. The quantitative estimate of drug-likeness (QED) is 0.876. The van der Waals surface area contributed by atoms with Crippen LogP contribution in [0.25, 0.3) is 0 Å². The molecule has 7 nitrogen and oxygen atoms in total. The van der Waals surface area contributed by atoms with Crippen LogP contribution in [-0.4, -0.2) is 46.1 Å². The van der Waals surface area contributed by atoms with Gasteiger partial charge in [-0.2, -0.15) is 9.40 Å². The van der Waals surface area contributed by atoms with Gasteiger partial charge in [0, 0.05) is 18.6 Å². The zero-order valence-electron chi connectivity index (χ0n) is 13.7. The average Bonchev–Trinajstić information content (AvgIpc) is 3.08. The van der Waals surface area contributed by atoms with E-state index in [9.17, 15) is 8.42 Å². The second kappa shape index (κ2) is 7.00. The van der Waals surface area contributed by atoms with E-state index in [2.05, 4.69) is 10.1 Å². The third kappa shape index (κ3) is 3.35. The Morgan fingerprint density at radius 2 is 2.12 bits per heavy atom. The van der Waals surface area contributed by atoms with Gasteiger partial charge in [0.1, 0.15) is 12.7 Å². The number of hydrogen-bond acceptors (Lipinski definition) is 5. The van der Waals surface area contributed by atoms with Crippen LogP contribution in [0.3, 0.4) is 0 Å². The van der Waals surface area contributed by atoms with Crippen molar-refractivity contribution < 1.29 is 8.42 Å². The molecule has 1 aromatic heterocycles. The van der Waals surface area contributed by atoms with Crippen LogP contribution in [0.2, 0.25) is 0 Å². The summed E-state index contributed by atoms with van der Waals surface area (Å²) in [6, 6.07) is 6.73. The maximum atomic E-state index is 13.3. The minimum absolute atomic E-state index is 0.150. The first-order valence-corrected chi connectivity index (χ1v) is 9.62. The monoisotopic (exact) mass is 349 g/mol. The van der Waals surface area contributed by atoms with Crippen molar-refractivity contribution in [3.8, 4) is 0 Å². The van der Waals surface area contributed by atoms with E-state index in [4.69, 9.17) is 5.73 Å². The predicted octanol–water partition coefficient (Wildman–Crippen LogP) is 1.22. The molecule has 1 saturated heterocycles. The lowest BCUT2D eigenvalue weighted by atomic mass is 10.00. The molecular formula is C16H23N5O2S. The first-order chi connectivity index (χ1) is 11.5. The first kappa shape index (κ1) is 17.1. The molecule has 0 bridgehead atoms. The van der Waals surface area contributed by atoms with Crippen molar-refractivity contribution in [2.24, 2.45) is 5.73 Å². The minimum Gasteiger partial charge on any atom is -0.326 e. The van der Waals surface area contributed by atoms with Crippen LogP contribution >= 0.6 is 0 Å². The van der Waals surface area contributed by atoms with Crippen molar-refractivity contribution in [1.82, 2.24) is 19.1 Å². The average molecular weight is 349 g/mol. The topological polar surface area (TPSA) is 94.1 Å². The van der Waals surface area contributed by atoms with E-state index >= 15 is 0 Å². The molecule has 2 aromatic rings. The molecule has 8 heteroatoms. The lowest BCUT2D eigenvalue weighted by molar-refractivity contribution is 0.227. The third-order valence-corrected chi connectivity index (χ3v) is 6.49. The summed E-state index contributed by atoms with van der Waals surface area (Å²) in [5, 5.41) is 4.07. The maximum Gasteiger partial charge on any atom is 0.243 e. The van der Waals surface area contributed by atoms with Crippen molar-refractivity contribution in [2.45, 2.75) is 49.7 Å². The summed E-state index contributed by atoms with van der Waals surface area (Å²) in [5.41, 5.74) is 6.76. The maximum absolute atomic E-state index is 13.3. The fourth-order valence-electron chi connectivity index (χ4n) is 3.26. The molecule has 2 unspecified atom stereocenters. The Balaban J connectivity index is 1.97. The van der Waals surface area contributed by atoms with E-state index in [0.717, 1.165) is 19.3 Å². The Labute approximate surface area is 142 Å². The highest BCUT2D eigenvalue weighted by molar-refractivity contribution is 7.89. The second-order valence-corrected chi connectivity index (χ2v) is 8.10. The summed E-state index contributed by atoms with van der Waals surface area (Å²) >= 11 is 0. The molecule has 130 valence electrons. The molecule has 1 aliphatic heterocycles. The highest BCUT2D eigenvalue weighted by Gasteiger charge is 2.36. The zero-order valence-corrected chi connectivity index (χ0v) is 14.6. The summed E-state index contributed by atoms with van der Waals surface area (Å²) in [5.74, 6) is 0. The van der Waals surface area contributed by atoms with Gasteiger partial charge in [-0.05, 0) is 31.4 Å². The minimum atomic E-state index is -3.60. The van der Waals surface area contributed by atoms with E-state index in [1.807, 2.05) is 19.1 Å². The number of aromatic nitrogens is 3. The van der Waals surface area contributed by atoms with Crippen molar-refractivity contribution in [2.75, 3.05) is 6.54 Å². The van der Waals surface area contributed by atoms with Gasteiger partial charge in [-0.25, -0.2) is 18.1 Å². The Morgan fingerprint density at radius 1 is 1.33 bits per heavy atom. The van der Waals surface area contributed by atoms with Crippen LogP contribution in [-0.2, 0) is 16.6 Å². The van der Waals surface area contributed by atoms with E-state index < -0.39 is 10.0 Å². The molecule has 0 spiro atoms. The first-order valence-electron chi connectivity index (χ1n) is 8.18. The number of nitrogens with zero attached hydrogens (tertiary/aromatic N) is 4. The summed E-state index contributed by atoms with van der Waals surface area (Å²) < 4.78 is 29.8. The van der Waals surface area contributed by atoms with Crippen molar-refractivity contribution in [3.63, 3.8) is 0 Å². The molecule has 2 heterocycles. The number of benzene rings is 1. The number of rotatable bonds is 5. The van der Waals surface area contributed by atoms with Crippen LogP contribution in [0.4, 0.5) is 0 Å². The van der Waals surface area contributed by atoms with Gasteiger partial charge in [-0.1, -0.05) is 24.6 Å². The van der Waals surface area contributed by atoms with Gasteiger partial charge in [0.05, 0.1) is 11.4 Å². The van der Waals surface area contributed by atoms with Crippen LogP contribution in [0, 0.1) is 0 Å². The van der Waals surface area contributed by atoms with Gasteiger partial charge < -0.3 is 5.73 Å². The van der Waals surface area contributed by atoms with Crippen LogP contribution in [0.15, 0.2) is 41.8 Å². The van der Waals surface area contributed by atoms with Crippen molar-refractivity contribution in [3.05, 3.63) is 42.5 Å². The molecule has 0 saturated carbocycles. The van der Waals surface area contributed by atoms with Crippen LogP contribution in [0.1, 0.15) is 31.7 Å². The largest absolute Gasteiger partial charge is 0.326 e. The molecular weight excluding hydrogens is 326 g/mol. The van der Waals surface area contributed by atoms with Gasteiger partial charge in [-0.3, -0.25) is 0 Å². The van der Waals surface area contributed by atoms with E-state index in [1.54, 1.807) is 27.4 Å². The lowest BCUT2D eigenvalue weighted by Crippen LogP contribution is -2.51. The molecule has 24 heavy (non-hydrogen) atoms. The number of sulfonamides is 1. The summed E-state index contributed by atoms with van der Waals surface area (Å²) in [7, 11) is -3.60. The van der Waals surface area contributed by atoms with Crippen LogP contribution in [0.5, 0.6) is 0 Å². The number of piperidine rings is 1. The molecule has 0 amide bonds. The smallest absolute Gasteiger partial charge is 0.243 e.